The lowest BCUT2D eigenvalue weighted by Crippen LogP contribution is -2.39. The predicted molar refractivity (Wildman–Crippen MR) is 101 cm³/mol. The molecule has 1 atom stereocenters. The molecule has 1 N–H and O–H groups in total. The van der Waals surface area contributed by atoms with Crippen LogP contribution in [-0.2, 0) is 0 Å². The lowest BCUT2D eigenvalue weighted by Gasteiger charge is -2.32. The van der Waals surface area contributed by atoms with Gasteiger partial charge in [-0.25, -0.2) is 4.39 Å². The predicted octanol–water partition coefficient (Wildman–Crippen LogP) is 3.94. The molecule has 0 saturated carbocycles. The van der Waals surface area contributed by atoms with Gasteiger partial charge in [-0.15, -0.1) is 0 Å². The smallest absolute Gasteiger partial charge is 0.257 e. The molecule has 138 valence electrons. The quantitative estimate of drug-likeness (QED) is 0.766. The fraction of sp³-hybridized carbons (Fsp3) is 0.286. The first-order valence-corrected chi connectivity index (χ1v) is 9.14. The summed E-state index contributed by atoms with van der Waals surface area (Å²) in [6.45, 7) is 3.22. The molecule has 1 aromatic carbocycles. The minimum Gasteiger partial charge on any atom is -0.338 e. The Labute approximate surface area is 157 Å². The van der Waals surface area contributed by atoms with E-state index in [1.165, 1.54) is 12.1 Å². The molecule has 0 spiro atoms. The molecule has 1 amide bonds. The van der Waals surface area contributed by atoms with Crippen LogP contribution in [0.4, 0.5) is 4.39 Å². The Morgan fingerprint density at radius 3 is 2.89 bits per heavy atom. The molecule has 27 heavy (non-hydrogen) atoms. The zero-order valence-corrected chi connectivity index (χ0v) is 15.2. The average Bonchev–Trinajstić information content (AvgIpc) is 3.13. The molecular weight excluding hydrogens is 343 g/mol. The zero-order chi connectivity index (χ0) is 18.8. The minimum absolute atomic E-state index is 0.00670. The fourth-order valence-electron chi connectivity index (χ4n) is 3.63. The number of amides is 1. The van der Waals surface area contributed by atoms with Crippen LogP contribution in [0.15, 0.2) is 48.7 Å². The maximum Gasteiger partial charge on any atom is 0.257 e. The van der Waals surface area contributed by atoms with Crippen molar-refractivity contribution < 1.29 is 9.18 Å². The van der Waals surface area contributed by atoms with Crippen molar-refractivity contribution in [2.24, 2.45) is 0 Å². The second kappa shape index (κ2) is 7.31. The second-order valence-electron chi connectivity index (χ2n) is 6.96. The van der Waals surface area contributed by atoms with Crippen molar-refractivity contribution in [1.82, 2.24) is 20.1 Å². The Balaban J connectivity index is 1.56. The number of H-pyrrole nitrogens is 1. The molecule has 5 nitrogen and oxygen atoms in total. The van der Waals surface area contributed by atoms with Crippen molar-refractivity contribution in [3.63, 3.8) is 0 Å². The Hall–Kier alpha value is -3.02. The van der Waals surface area contributed by atoms with Crippen molar-refractivity contribution in [1.29, 1.82) is 0 Å². The van der Waals surface area contributed by atoms with Gasteiger partial charge in [-0.1, -0.05) is 18.2 Å². The highest BCUT2D eigenvalue weighted by molar-refractivity contribution is 5.95. The van der Waals surface area contributed by atoms with Crippen LogP contribution in [0, 0.1) is 12.7 Å². The number of carbonyl (C=O) groups excluding carboxylic acids is 1. The molecule has 3 aromatic rings. The topological polar surface area (TPSA) is 61.9 Å². The molecule has 1 aliphatic rings. The minimum atomic E-state index is -0.273. The normalized spacial score (nSPS) is 17.1. The van der Waals surface area contributed by atoms with Crippen molar-refractivity contribution >= 4 is 5.91 Å². The van der Waals surface area contributed by atoms with Crippen LogP contribution in [0.2, 0.25) is 0 Å². The molecule has 0 radical (unpaired) electrons. The number of rotatable bonds is 3. The van der Waals surface area contributed by atoms with Gasteiger partial charge in [-0.2, -0.15) is 5.10 Å². The van der Waals surface area contributed by atoms with E-state index in [-0.39, 0.29) is 17.6 Å². The Morgan fingerprint density at radius 2 is 2.11 bits per heavy atom. The summed E-state index contributed by atoms with van der Waals surface area (Å²) >= 11 is 0. The van der Waals surface area contributed by atoms with Crippen LogP contribution in [0.25, 0.3) is 11.3 Å². The first kappa shape index (κ1) is 17.4. The van der Waals surface area contributed by atoms with Crippen LogP contribution >= 0.6 is 0 Å². The SMILES string of the molecule is Cc1[nH]ncc1C(=O)N1CCC[C@H](c2cccc(-c3cccc(F)c3)n2)C1. The van der Waals surface area contributed by atoms with Crippen molar-refractivity contribution in [3.05, 3.63) is 71.4 Å². The molecule has 0 aliphatic carbocycles. The highest BCUT2D eigenvalue weighted by Crippen LogP contribution is 2.28. The molecule has 1 aliphatic heterocycles. The Kier molecular flexibility index (Phi) is 4.71. The summed E-state index contributed by atoms with van der Waals surface area (Å²) in [7, 11) is 0. The maximum atomic E-state index is 13.5. The number of aromatic nitrogens is 3. The van der Waals surface area contributed by atoms with Gasteiger partial charge in [-0.05, 0) is 44.0 Å². The first-order chi connectivity index (χ1) is 13.1. The molecule has 2 aromatic heterocycles. The van der Waals surface area contributed by atoms with E-state index in [0.717, 1.165) is 42.0 Å². The van der Waals surface area contributed by atoms with Gasteiger partial charge in [0.25, 0.3) is 5.91 Å². The molecule has 0 unspecified atom stereocenters. The molecule has 6 heteroatoms. The van der Waals surface area contributed by atoms with E-state index in [1.807, 2.05) is 36.1 Å². The number of hydrogen-bond donors (Lipinski definition) is 1. The number of aromatic amines is 1. The third-order valence-corrected chi connectivity index (χ3v) is 5.08. The number of nitrogens with zero attached hydrogens (tertiary/aromatic N) is 3. The number of hydrogen-bond acceptors (Lipinski definition) is 3. The third kappa shape index (κ3) is 3.60. The molecular formula is C21H21FN4O. The number of aryl methyl sites for hydroxylation is 1. The van der Waals surface area contributed by atoms with Gasteiger partial charge in [0.15, 0.2) is 0 Å². The van der Waals surface area contributed by atoms with E-state index >= 15 is 0 Å². The number of benzene rings is 1. The van der Waals surface area contributed by atoms with Gasteiger partial charge < -0.3 is 4.90 Å². The third-order valence-electron chi connectivity index (χ3n) is 5.08. The number of halogens is 1. The first-order valence-electron chi connectivity index (χ1n) is 9.14. The summed E-state index contributed by atoms with van der Waals surface area (Å²) < 4.78 is 13.5. The van der Waals surface area contributed by atoms with Crippen LogP contribution in [-0.4, -0.2) is 39.1 Å². The van der Waals surface area contributed by atoms with Crippen LogP contribution < -0.4 is 0 Å². The average molecular weight is 364 g/mol. The second-order valence-corrected chi connectivity index (χ2v) is 6.96. The number of piperidine rings is 1. The van der Waals surface area contributed by atoms with Crippen molar-refractivity contribution in [3.8, 4) is 11.3 Å². The van der Waals surface area contributed by atoms with Crippen LogP contribution in [0.5, 0.6) is 0 Å². The Morgan fingerprint density at radius 1 is 1.26 bits per heavy atom. The summed E-state index contributed by atoms with van der Waals surface area (Å²) in [6, 6.07) is 12.3. The molecule has 1 fully saturated rings. The molecule has 1 saturated heterocycles. The van der Waals surface area contributed by atoms with Crippen molar-refractivity contribution in [2.75, 3.05) is 13.1 Å². The highest BCUT2D eigenvalue weighted by atomic mass is 19.1. The van der Waals surface area contributed by atoms with E-state index in [0.29, 0.717) is 12.1 Å². The van der Waals surface area contributed by atoms with E-state index in [1.54, 1.807) is 12.3 Å². The fourth-order valence-corrected chi connectivity index (χ4v) is 3.63. The number of carbonyl (C=O) groups is 1. The molecule has 0 bridgehead atoms. The summed E-state index contributed by atoms with van der Waals surface area (Å²) in [5.74, 6) is -0.0970. The molecule has 3 heterocycles. The van der Waals surface area contributed by atoms with Crippen molar-refractivity contribution in [2.45, 2.75) is 25.7 Å². The standard InChI is InChI=1S/C21H21FN4O/c1-14-18(12-23-25-14)21(27)26-10-4-6-16(13-26)20-9-3-8-19(24-20)15-5-2-7-17(22)11-15/h2-3,5,7-9,11-12,16H,4,6,10,13H2,1H3,(H,23,25)/t16-/m0/s1. The van der Waals surface area contributed by atoms with Gasteiger partial charge in [0.1, 0.15) is 5.82 Å². The Bertz CT molecular complexity index is 968. The lowest BCUT2D eigenvalue weighted by atomic mass is 9.93. The van der Waals surface area contributed by atoms with Gasteiger partial charge in [0, 0.05) is 36.0 Å². The number of pyridine rings is 1. The number of likely N-dealkylation sites (tertiary alicyclic amines) is 1. The van der Waals surface area contributed by atoms with Gasteiger partial charge in [0.2, 0.25) is 0 Å². The number of nitrogens with one attached hydrogen (secondary N) is 1. The summed E-state index contributed by atoms with van der Waals surface area (Å²) in [5.41, 5.74) is 3.86. The lowest BCUT2D eigenvalue weighted by molar-refractivity contribution is 0.0705. The van der Waals surface area contributed by atoms with Gasteiger partial charge >= 0.3 is 0 Å². The van der Waals surface area contributed by atoms with E-state index < -0.39 is 0 Å². The van der Waals surface area contributed by atoms with Gasteiger partial charge in [0.05, 0.1) is 17.5 Å². The summed E-state index contributed by atoms with van der Waals surface area (Å²) in [4.78, 5) is 19.4. The highest BCUT2D eigenvalue weighted by Gasteiger charge is 2.27. The monoisotopic (exact) mass is 364 g/mol. The van der Waals surface area contributed by atoms with Crippen LogP contribution in [0.1, 0.15) is 40.5 Å². The summed E-state index contributed by atoms with van der Waals surface area (Å²) in [6.07, 6.45) is 3.50. The van der Waals surface area contributed by atoms with E-state index in [4.69, 9.17) is 4.98 Å². The molecule has 4 rings (SSSR count). The van der Waals surface area contributed by atoms with E-state index in [9.17, 15) is 9.18 Å². The summed E-state index contributed by atoms with van der Waals surface area (Å²) in [5, 5.41) is 6.77. The maximum absolute atomic E-state index is 13.5. The van der Waals surface area contributed by atoms with E-state index in [2.05, 4.69) is 10.2 Å². The van der Waals surface area contributed by atoms with Gasteiger partial charge in [-0.3, -0.25) is 14.9 Å². The zero-order valence-electron chi connectivity index (χ0n) is 15.2. The van der Waals surface area contributed by atoms with Crippen LogP contribution in [0.3, 0.4) is 0 Å². The largest absolute Gasteiger partial charge is 0.338 e.